The number of hydrogen-bond donors (Lipinski definition) is 0. The van der Waals surface area contributed by atoms with Gasteiger partial charge in [0.2, 0.25) is 0 Å². The number of aliphatic carboxylic acids is 6. The predicted molar refractivity (Wildman–Crippen MR) is 191 cm³/mol. The second-order valence-corrected chi connectivity index (χ2v) is 11.7. The Bertz CT molecular complexity index is 951. The van der Waals surface area contributed by atoms with E-state index >= 15 is 0 Å². The molecule has 292 valence electrons. The first-order valence-electron chi connectivity index (χ1n) is 17.9. The molecule has 0 spiro atoms. The van der Waals surface area contributed by atoms with Gasteiger partial charge in [-0.15, -0.1) is 0 Å². The average Bonchev–Trinajstić information content (AvgIpc) is 3.10. The van der Waals surface area contributed by atoms with Gasteiger partial charge >= 0.3 is 54.9 Å². The molecule has 0 rings (SSSR count). The van der Waals surface area contributed by atoms with E-state index < -0.39 is 35.8 Å². The summed E-state index contributed by atoms with van der Waals surface area (Å²) in [5, 5.41) is 63.0. The van der Waals surface area contributed by atoms with Gasteiger partial charge in [-0.3, -0.25) is 0 Å². The fraction of sp³-hybridized carbons (Fsp3) is 0.684. The van der Waals surface area contributed by atoms with Gasteiger partial charge in [0.05, 0.1) is 35.8 Å². The average molecular weight is 946 g/mol. The molecule has 0 aliphatic heterocycles. The number of rotatable bonds is 24. The van der Waals surface area contributed by atoms with Crippen LogP contribution in [0.5, 0.6) is 0 Å². The summed E-state index contributed by atoms with van der Waals surface area (Å²) in [6, 6.07) is 0. The molecule has 0 saturated heterocycles. The summed E-state index contributed by atoms with van der Waals surface area (Å²) < 4.78 is 0. The third-order valence-electron chi connectivity index (χ3n) is 7.82. The van der Waals surface area contributed by atoms with E-state index in [-0.39, 0.29) is 53.7 Å². The molecule has 0 fully saturated rings. The molecule has 0 bridgehead atoms. The zero-order valence-corrected chi connectivity index (χ0v) is 38.2. The van der Waals surface area contributed by atoms with Crippen molar-refractivity contribution in [3.8, 4) is 0 Å². The Balaban J connectivity index is -0.000000202. The number of hydrogen-bond acceptors (Lipinski definition) is 12. The standard InChI is InChI=1S/3C12H20O4.2CH3.2Sn/c3*1-3-5-6-9(4-2)7-10(12(15)16)8-11(13)14;;;;/h3*8-9H,3-7H2,1-2H3,(H,13,14)(H,15,16);2*1H3;;/q;;;;;2*+3/p-6/b3*10-8-;;;;. The molecule has 3 unspecified atom stereocenters. The molecule has 0 aromatic heterocycles. The molecule has 0 N–H and O–H groups in total. The summed E-state index contributed by atoms with van der Waals surface area (Å²) in [5.41, 5.74) is -0.533. The van der Waals surface area contributed by atoms with Crippen molar-refractivity contribution in [2.45, 2.75) is 148 Å². The molecule has 0 aliphatic rings. The van der Waals surface area contributed by atoms with E-state index in [1.807, 2.05) is 20.8 Å². The number of carboxylic acid groups (broad SMARTS) is 6. The van der Waals surface area contributed by atoms with Crippen LogP contribution in [0.25, 0.3) is 0 Å². The molecule has 0 aliphatic carbocycles. The Hall–Kier alpha value is -2.36. The number of carbonyl (C=O) groups is 6. The summed E-state index contributed by atoms with van der Waals surface area (Å²) in [4.78, 5) is 67.2. The van der Waals surface area contributed by atoms with E-state index in [2.05, 4.69) is 30.7 Å². The van der Waals surface area contributed by atoms with Crippen LogP contribution >= 0.6 is 0 Å². The summed E-state index contributed by atoms with van der Waals surface area (Å²) in [5.74, 6) is -8.11. The van der Waals surface area contributed by atoms with Crippen LogP contribution < -0.4 is 30.6 Å². The Morgan fingerprint density at radius 3 is 0.731 bits per heavy atom. The summed E-state index contributed by atoms with van der Waals surface area (Å²) in [6.07, 6.45) is 14.0. The third-order valence-corrected chi connectivity index (χ3v) is 7.82. The quantitative estimate of drug-likeness (QED) is 0.0948. The molecule has 0 aromatic carbocycles. The van der Waals surface area contributed by atoms with Crippen molar-refractivity contribution < 1.29 is 59.4 Å². The first kappa shape index (κ1) is 58.9. The first-order chi connectivity index (χ1) is 24.5. The molecule has 52 heavy (non-hydrogen) atoms. The molecular weight excluding hydrogens is 886 g/mol. The van der Waals surface area contributed by atoms with Crippen molar-refractivity contribution in [2.24, 2.45) is 17.8 Å². The van der Waals surface area contributed by atoms with Gasteiger partial charge in [-0.05, 0) is 72.0 Å². The summed E-state index contributed by atoms with van der Waals surface area (Å²) in [6.45, 7) is 12.1. The number of carbonyl (C=O) groups excluding carboxylic acids is 6. The van der Waals surface area contributed by atoms with Crippen molar-refractivity contribution in [1.82, 2.24) is 0 Å². The fourth-order valence-corrected chi connectivity index (χ4v) is 4.79. The molecule has 3 atom stereocenters. The van der Waals surface area contributed by atoms with Gasteiger partial charge < -0.3 is 59.4 Å². The second-order valence-electron chi connectivity index (χ2n) is 11.7. The minimum absolute atomic E-state index is 0.178. The van der Waals surface area contributed by atoms with Gasteiger partial charge in [0, 0.05) is 0 Å². The van der Waals surface area contributed by atoms with Gasteiger partial charge in [0.25, 0.3) is 0 Å². The SMILES string of the molecule is CCCCC(CC)C/C(=C/C(=O)[O-])C(=O)[O-].CCCCC(CC)C/C(=C/C(=O)[O-])C(=O)[O-].CCCCC(CC)C/C(=C/C(=O)[O-])C(=O)[O-].[CH3][Sn+3].[CH3][Sn+3]. The van der Waals surface area contributed by atoms with Crippen LogP contribution in [0.2, 0.25) is 9.88 Å². The van der Waals surface area contributed by atoms with Crippen LogP contribution in [0.3, 0.4) is 0 Å². The van der Waals surface area contributed by atoms with Crippen LogP contribution in [-0.2, 0) is 28.8 Å². The zero-order valence-electron chi connectivity index (χ0n) is 32.5. The van der Waals surface area contributed by atoms with Crippen LogP contribution in [0.4, 0.5) is 0 Å². The van der Waals surface area contributed by atoms with Gasteiger partial charge in [0.15, 0.2) is 0 Å². The van der Waals surface area contributed by atoms with Crippen molar-refractivity contribution in [3.05, 3.63) is 34.9 Å². The number of carboxylic acids is 6. The topological polar surface area (TPSA) is 241 Å². The number of unbranched alkanes of at least 4 members (excludes halogenated alkanes) is 3. The van der Waals surface area contributed by atoms with E-state index in [0.717, 1.165) is 77.0 Å². The van der Waals surface area contributed by atoms with Crippen LogP contribution in [0.15, 0.2) is 34.9 Å². The molecule has 0 amide bonds. The van der Waals surface area contributed by atoms with E-state index in [1.165, 1.54) is 0 Å². The molecule has 0 radical (unpaired) electrons. The predicted octanol–water partition coefficient (Wildman–Crippen LogP) is 0.463. The van der Waals surface area contributed by atoms with Crippen LogP contribution in [0.1, 0.15) is 138 Å². The van der Waals surface area contributed by atoms with E-state index in [1.54, 1.807) is 45.0 Å². The van der Waals surface area contributed by atoms with E-state index in [0.29, 0.717) is 18.2 Å². The Morgan fingerprint density at radius 2 is 0.615 bits per heavy atom. The first-order valence-corrected chi connectivity index (χ1v) is 23.6. The monoisotopic (exact) mass is 948 g/mol. The maximum absolute atomic E-state index is 10.7. The molecule has 12 nitrogen and oxygen atoms in total. The summed E-state index contributed by atoms with van der Waals surface area (Å²) in [7, 11) is 0. The van der Waals surface area contributed by atoms with E-state index in [4.69, 9.17) is 0 Å². The molecule has 14 heteroatoms. The Labute approximate surface area is 338 Å². The zero-order chi connectivity index (χ0) is 41.7. The third kappa shape index (κ3) is 38.9. The van der Waals surface area contributed by atoms with Crippen molar-refractivity contribution >= 4 is 80.9 Å². The van der Waals surface area contributed by atoms with Gasteiger partial charge in [-0.1, -0.05) is 119 Å². The van der Waals surface area contributed by atoms with E-state index in [9.17, 15) is 59.4 Å². The van der Waals surface area contributed by atoms with Gasteiger partial charge in [-0.2, -0.15) is 0 Å². The minimum atomic E-state index is -1.48. The molecule has 0 heterocycles. The van der Waals surface area contributed by atoms with Crippen LogP contribution in [-0.4, -0.2) is 80.9 Å². The Kier molecular flexibility index (Phi) is 46.9. The Morgan fingerprint density at radius 1 is 0.423 bits per heavy atom. The van der Waals surface area contributed by atoms with Crippen molar-refractivity contribution in [1.29, 1.82) is 0 Å². The normalized spacial score (nSPS) is 12.7. The van der Waals surface area contributed by atoms with Gasteiger partial charge in [0.1, 0.15) is 0 Å². The van der Waals surface area contributed by atoms with Crippen LogP contribution in [0, 0.1) is 17.8 Å². The molecule has 0 aromatic rings. The fourth-order valence-electron chi connectivity index (χ4n) is 4.79. The van der Waals surface area contributed by atoms with Gasteiger partial charge in [-0.25, -0.2) is 0 Å². The second kappa shape index (κ2) is 41.4. The van der Waals surface area contributed by atoms with Crippen molar-refractivity contribution in [2.75, 3.05) is 0 Å². The molecular formula is C38H60O12Sn2. The molecule has 0 saturated carbocycles. The summed E-state index contributed by atoms with van der Waals surface area (Å²) >= 11 is 3.10. The van der Waals surface area contributed by atoms with Crippen molar-refractivity contribution in [3.63, 3.8) is 0 Å². The maximum atomic E-state index is 10.7.